The van der Waals surface area contributed by atoms with Crippen LogP contribution in [-0.2, 0) is 23.6 Å². The van der Waals surface area contributed by atoms with E-state index in [-0.39, 0.29) is 4.90 Å². The third kappa shape index (κ3) is 2.91. The number of carbonyl (C=O) groups excluding carboxylic acids is 1. The normalized spacial score (nSPS) is 11.6. The fraction of sp³-hybridized carbons (Fsp3) is 0.118. The van der Waals surface area contributed by atoms with Crippen LogP contribution in [-0.4, -0.2) is 18.9 Å². The molecule has 1 amide bonds. The summed E-state index contributed by atoms with van der Waals surface area (Å²) >= 11 is 0. The molecule has 0 radical (unpaired) electrons. The summed E-state index contributed by atoms with van der Waals surface area (Å²) in [6, 6.07) is 13.1. The zero-order valence-corrected chi connectivity index (χ0v) is 13.9. The van der Waals surface area contributed by atoms with Crippen LogP contribution in [0.4, 0.5) is 0 Å². The molecule has 0 aliphatic heterocycles. The second kappa shape index (κ2) is 6.10. The highest BCUT2D eigenvalue weighted by molar-refractivity contribution is 7.90. The number of sulfonamides is 1. The number of nitrogens with one attached hydrogen (secondary N) is 1. The Morgan fingerprint density at radius 2 is 1.83 bits per heavy atom. The monoisotopic (exact) mass is 343 g/mol. The van der Waals surface area contributed by atoms with Gasteiger partial charge >= 0.3 is 0 Å². The molecular formula is C17H17N3O3S. The number of nitrogens with zero attached hydrogens (tertiary/aromatic N) is 1. The van der Waals surface area contributed by atoms with E-state index in [1.807, 2.05) is 23.9 Å². The van der Waals surface area contributed by atoms with Crippen molar-refractivity contribution in [3.05, 3.63) is 65.9 Å². The summed E-state index contributed by atoms with van der Waals surface area (Å²) in [5.74, 6) is -0.658. The Bertz CT molecular complexity index is 1010. The number of aryl methyl sites for hydroxylation is 1. The van der Waals surface area contributed by atoms with Crippen LogP contribution in [0.15, 0.2) is 59.6 Å². The molecule has 2 aromatic carbocycles. The molecule has 0 saturated heterocycles. The third-order valence-corrected chi connectivity index (χ3v) is 5.22. The van der Waals surface area contributed by atoms with Crippen LogP contribution in [0.3, 0.4) is 0 Å². The van der Waals surface area contributed by atoms with Gasteiger partial charge in [0.1, 0.15) is 0 Å². The average Bonchev–Trinajstić information content (AvgIpc) is 2.96. The van der Waals surface area contributed by atoms with E-state index in [0.29, 0.717) is 17.5 Å². The van der Waals surface area contributed by atoms with Crippen molar-refractivity contribution in [3.63, 3.8) is 0 Å². The number of nitrogens with two attached hydrogens (primary N) is 1. The van der Waals surface area contributed by atoms with Gasteiger partial charge in [-0.2, -0.15) is 0 Å². The van der Waals surface area contributed by atoms with E-state index in [1.54, 1.807) is 30.3 Å². The van der Waals surface area contributed by atoms with Crippen molar-refractivity contribution < 1.29 is 13.2 Å². The number of hydrogen-bond donors (Lipinski definition) is 2. The fourth-order valence-electron chi connectivity index (χ4n) is 2.54. The molecule has 24 heavy (non-hydrogen) atoms. The molecule has 0 bridgehead atoms. The van der Waals surface area contributed by atoms with E-state index in [0.717, 1.165) is 11.1 Å². The predicted molar refractivity (Wildman–Crippen MR) is 91.9 cm³/mol. The summed E-state index contributed by atoms with van der Waals surface area (Å²) in [5.41, 5.74) is 7.48. The van der Waals surface area contributed by atoms with E-state index >= 15 is 0 Å². The molecule has 1 aromatic heterocycles. The lowest BCUT2D eigenvalue weighted by Crippen LogP contribution is -2.30. The predicted octanol–water partition coefficient (Wildman–Crippen LogP) is 1.76. The minimum atomic E-state index is -3.94. The van der Waals surface area contributed by atoms with Gasteiger partial charge in [0.2, 0.25) is 0 Å². The fourth-order valence-corrected chi connectivity index (χ4v) is 3.51. The molecule has 0 aliphatic carbocycles. The molecule has 0 unspecified atom stereocenters. The second-order valence-electron chi connectivity index (χ2n) is 5.45. The number of hydrogen-bond acceptors (Lipinski definition) is 4. The Morgan fingerprint density at radius 1 is 1.12 bits per heavy atom. The summed E-state index contributed by atoms with van der Waals surface area (Å²) in [4.78, 5) is 12.5. The molecule has 6 nitrogen and oxygen atoms in total. The smallest absolute Gasteiger partial charge is 0.265 e. The van der Waals surface area contributed by atoms with Gasteiger partial charge in [-0.05, 0) is 35.9 Å². The molecule has 3 aromatic rings. The van der Waals surface area contributed by atoms with Crippen LogP contribution in [0.2, 0.25) is 0 Å². The minimum Gasteiger partial charge on any atom is -0.351 e. The van der Waals surface area contributed by atoms with Crippen LogP contribution < -0.4 is 10.5 Å². The van der Waals surface area contributed by atoms with Gasteiger partial charge in [-0.1, -0.05) is 18.2 Å². The molecule has 3 rings (SSSR count). The first-order valence-electron chi connectivity index (χ1n) is 7.32. The first-order valence-corrected chi connectivity index (χ1v) is 8.81. The maximum atomic E-state index is 12.5. The van der Waals surface area contributed by atoms with Crippen molar-refractivity contribution in [3.8, 4) is 0 Å². The van der Waals surface area contributed by atoms with Crippen LogP contribution in [0, 0.1) is 0 Å². The van der Waals surface area contributed by atoms with Crippen molar-refractivity contribution in [2.45, 2.75) is 11.4 Å². The summed E-state index contributed by atoms with van der Waals surface area (Å²) in [6.45, 7) is 0.322. The van der Waals surface area contributed by atoms with Crippen molar-refractivity contribution >= 4 is 26.8 Å². The van der Waals surface area contributed by atoms with Crippen LogP contribution >= 0.6 is 0 Å². The van der Waals surface area contributed by atoms with Gasteiger partial charge in [-0.3, -0.25) is 4.79 Å². The van der Waals surface area contributed by atoms with Gasteiger partial charge in [0, 0.05) is 36.3 Å². The average molecular weight is 343 g/mol. The first kappa shape index (κ1) is 16.2. The first-order chi connectivity index (χ1) is 11.4. The largest absolute Gasteiger partial charge is 0.351 e. The number of amides is 1. The molecular weight excluding hydrogens is 326 g/mol. The lowest BCUT2D eigenvalue weighted by atomic mass is 10.1. The number of carbonyl (C=O) groups is 1. The quantitative estimate of drug-likeness (QED) is 0.755. The zero-order chi connectivity index (χ0) is 17.3. The Hall–Kier alpha value is -2.64. The van der Waals surface area contributed by atoms with Gasteiger partial charge in [-0.25, -0.2) is 13.1 Å². The van der Waals surface area contributed by atoms with Gasteiger partial charge in [0.05, 0.1) is 4.90 Å². The highest BCUT2D eigenvalue weighted by Crippen LogP contribution is 2.20. The SMILES string of the molecule is Cn1ccc2c(C(=O)NS(=O)(=O)c3ccc(CN)cc3)cccc21. The summed E-state index contributed by atoms with van der Waals surface area (Å²) < 4.78 is 28.8. The van der Waals surface area contributed by atoms with Crippen LogP contribution in [0.5, 0.6) is 0 Å². The Morgan fingerprint density at radius 3 is 2.50 bits per heavy atom. The van der Waals surface area contributed by atoms with Crippen molar-refractivity contribution in [2.75, 3.05) is 0 Å². The van der Waals surface area contributed by atoms with Crippen molar-refractivity contribution in [1.29, 1.82) is 0 Å². The zero-order valence-electron chi connectivity index (χ0n) is 13.1. The van der Waals surface area contributed by atoms with Crippen LogP contribution in [0.25, 0.3) is 10.9 Å². The maximum absolute atomic E-state index is 12.5. The highest BCUT2D eigenvalue weighted by Gasteiger charge is 2.20. The molecule has 0 aliphatic rings. The van der Waals surface area contributed by atoms with Gasteiger partial charge < -0.3 is 10.3 Å². The van der Waals surface area contributed by atoms with Gasteiger partial charge in [-0.15, -0.1) is 0 Å². The molecule has 0 atom stereocenters. The summed E-state index contributed by atoms with van der Waals surface area (Å²) in [7, 11) is -2.08. The van der Waals surface area contributed by atoms with E-state index in [1.165, 1.54) is 12.1 Å². The van der Waals surface area contributed by atoms with Crippen molar-refractivity contribution in [2.24, 2.45) is 12.8 Å². The van der Waals surface area contributed by atoms with E-state index in [9.17, 15) is 13.2 Å². The summed E-state index contributed by atoms with van der Waals surface area (Å²) in [5, 5.41) is 0.700. The van der Waals surface area contributed by atoms with Gasteiger partial charge in [0.25, 0.3) is 15.9 Å². The lowest BCUT2D eigenvalue weighted by Gasteiger charge is -2.08. The van der Waals surface area contributed by atoms with Crippen LogP contribution in [0.1, 0.15) is 15.9 Å². The molecule has 3 N–H and O–H groups in total. The number of rotatable bonds is 4. The van der Waals surface area contributed by atoms with E-state index < -0.39 is 15.9 Å². The molecule has 0 fully saturated rings. The minimum absolute atomic E-state index is 0.0216. The van der Waals surface area contributed by atoms with E-state index in [2.05, 4.69) is 4.72 Å². The highest BCUT2D eigenvalue weighted by atomic mass is 32.2. The second-order valence-corrected chi connectivity index (χ2v) is 7.13. The van der Waals surface area contributed by atoms with Gasteiger partial charge in [0.15, 0.2) is 0 Å². The Kier molecular flexibility index (Phi) is 4.13. The topological polar surface area (TPSA) is 94.2 Å². The lowest BCUT2D eigenvalue weighted by molar-refractivity contribution is 0.0983. The molecule has 0 spiro atoms. The van der Waals surface area contributed by atoms with Crippen molar-refractivity contribution in [1.82, 2.24) is 9.29 Å². The Labute approximate surface area is 139 Å². The standard InChI is InChI=1S/C17H17N3O3S/c1-20-10-9-14-15(3-2-4-16(14)20)17(21)19-24(22,23)13-7-5-12(11-18)6-8-13/h2-10H,11,18H2,1H3,(H,19,21). The third-order valence-electron chi connectivity index (χ3n) is 3.87. The molecule has 0 saturated carbocycles. The summed E-state index contributed by atoms with van der Waals surface area (Å²) in [6.07, 6.45) is 1.82. The Balaban J connectivity index is 1.92. The molecule has 124 valence electrons. The maximum Gasteiger partial charge on any atom is 0.265 e. The molecule has 1 heterocycles. The van der Waals surface area contributed by atoms with E-state index in [4.69, 9.17) is 5.73 Å². The number of benzene rings is 2. The molecule has 7 heteroatoms. The number of aromatic nitrogens is 1. The number of fused-ring (bicyclic) bond motifs is 1.